The van der Waals surface area contributed by atoms with E-state index in [1.807, 2.05) is 13.0 Å². The number of carbonyl (C=O) groups excluding carboxylic acids is 2. The van der Waals surface area contributed by atoms with Gasteiger partial charge >= 0.3 is 0 Å². The lowest BCUT2D eigenvalue weighted by Crippen LogP contribution is -2.24. The van der Waals surface area contributed by atoms with E-state index in [9.17, 15) is 14.0 Å². The van der Waals surface area contributed by atoms with Crippen LogP contribution in [0.5, 0.6) is 5.75 Å². The Morgan fingerprint density at radius 2 is 2.12 bits per heavy atom. The molecule has 0 radical (unpaired) electrons. The number of aryl methyl sites for hydroxylation is 1. The summed E-state index contributed by atoms with van der Waals surface area (Å²) in [5.74, 6) is -0.704. The topological polar surface area (TPSA) is 67.4 Å². The van der Waals surface area contributed by atoms with Crippen molar-refractivity contribution in [2.45, 2.75) is 32.6 Å². The number of ether oxygens (including phenoxy) is 1. The van der Waals surface area contributed by atoms with E-state index in [-0.39, 0.29) is 29.9 Å². The molecule has 0 bridgehead atoms. The molecule has 2 aromatic carbocycles. The smallest absolute Gasteiger partial charge is 0.225 e. The zero-order chi connectivity index (χ0) is 18.8. The fourth-order valence-corrected chi connectivity index (χ4v) is 3.19. The maximum atomic E-state index is 13.7. The van der Waals surface area contributed by atoms with Crippen LogP contribution < -0.4 is 15.4 Å². The molecule has 3 rings (SSSR count). The van der Waals surface area contributed by atoms with Crippen LogP contribution >= 0.6 is 0 Å². The summed E-state index contributed by atoms with van der Waals surface area (Å²) in [6, 6.07) is 8.39. The standard InChI is InChI=1S/C20H21FN2O3/c1-4-19(24)22-16-10-17-14(7-11(16)2)13(9-20(25)23-17)12-5-6-15(21)18(8-12)26-3/h5-8,10,13H,4,9H2,1-3H3,(H,22,24)(H,23,25)/t13-/m1/s1. The molecule has 136 valence electrons. The van der Waals surface area contributed by atoms with Crippen molar-refractivity contribution in [1.82, 2.24) is 0 Å². The first-order valence-corrected chi connectivity index (χ1v) is 8.50. The van der Waals surface area contributed by atoms with Crippen LogP contribution in [-0.4, -0.2) is 18.9 Å². The second-order valence-electron chi connectivity index (χ2n) is 6.35. The summed E-state index contributed by atoms with van der Waals surface area (Å²) in [7, 11) is 1.41. The number of halogens is 1. The molecule has 0 unspecified atom stereocenters. The highest BCUT2D eigenvalue weighted by Gasteiger charge is 2.28. The van der Waals surface area contributed by atoms with Crippen LogP contribution in [0.1, 0.15) is 42.4 Å². The van der Waals surface area contributed by atoms with Gasteiger partial charge in [0.05, 0.1) is 7.11 Å². The number of carbonyl (C=O) groups is 2. The number of amides is 2. The highest BCUT2D eigenvalue weighted by atomic mass is 19.1. The van der Waals surface area contributed by atoms with Crippen molar-refractivity contribution < 1.29 is 18.7 Å². The Morgan fingerprint density at radius 1 is 1.35 bits per heavy atom. The normalized spacial score (nSPS) is 15.8. The van der Waals surface area contributed by atoms with Gasteiger partial charge in [0, 0.05) is 30.1 Å². The summed E-state index contributed by atoms with van der Waals surface area (Å²) in [4.78, 5) is 23.9. The number of nitrogens with one attached hydrogen (secondary N) is 2. The third-order valence-electron chi connectivity index (χ3n) is 4.61. The lowest BCUT2D eigenvalue weighted by molar-refractivity contribution is -0.117. The molecule has 2 aromatic rings. The average Bonchev–Trinajstić information content (AvgIpc) is 2.62. The molecular weight excluding hydrogens is 335 g/mol. The molecule has 5 nitrogen and oxygen atoms in total. The largest absolute Gasteiger partial charge is 0.494 e. The number of hydrogen-bond donors (Lipinski definition) is 2. The first kappa shape index (κ1) is 17.9. The molecule has 26 heavy (non-hydrogen) atoms. The predicted molar refractivity (Wildman–Crippen MR) is 98.1 cm³/mol. The monoisotopic (exact) mass is 356 g/mol. The number of benzene rings is 2. The highest BCUT2D eigenvalue weighted by molar-refractivity contribution is 5.98. The van der Waals surface area contributed by atoms with Crippen molar-refractivity contribution in [3.8, 4) is 5.75 Å². The zero-order valence-corrected chi connectivity index (χ0v) is 15.0. The van der Waals surface area contributed by atoms with Gasteiger partial charge in [-0.05, 0) is 41.8 Å². The lowest BCUT2D eigenvalue weighted by atomic mass is 9.83. The van der Waals surface area contributed by atoms with Crippen molar-refractivity contribution in [2.75, 3.05) is 17.7 Å². The number of anilines is 2. The molecule has 0 aromatic heterocycles. The van der Waals surface area contributed by atoms with Crippen LogP contribution in [0.15, 0.2) is 30.3 Å². The fourth-order valence-electron chi connectivity index (χ4n) is 3.19. The Balaban J connectivity index is 2.05. The molecule has 6 heteroatoms. The molecule has 2 amide bonds. The SMILES string of the molecule is CCC(=O)Nc1cc2c(cc1C)[C@@H](c1ccc(F)c(OC)c1)CC(=O)N2. The summed E-state index contributed by atoms with van der Waals surface area (Å²) >= 11 is 0. The van der Waals surface area contributed by atoms with E-state index in [2.05, 4.69) is 10.6 Å². The van der Waals surface area contributed by atoms with E-state index in [4.69, 9.17) is 4.74 Å². The summed E-state index contributed by atoms with van der Waals surface area (Å²) in [5, 5.41) is 5.71. The van der Waals surface area contributed by atoms with E-state index in [1.165, 1.54) is 13.2 Å². The Morgan fingerprint density at radius 3 is 2.81 bits per heavy atom. The van der Waals surface area contributed by atoms with Crippen LogP contribution in [0.4, 0.5) is 15.8 Å². The van der Waals surface area contributed by atoms with Crippen molar-refractivity contribution in [3.63, 3.8) is 0 Å². The summed E-state index contributed by atoms with van der Waals surface area (Å²) in [6.07, 6.45) is 0.642. The van der Waals surface area contributed by atoms with Crippen LogP contribution in [0.2, 0.25) is 0 Å². The van der Waals surface area contributed by atoms with E-state index < -0.39 is 5.82 Å². The first-order chi connectivity index (χ1) is 12.4. The number of fused-ring (bicyclic) bond motifs is 1. The minimum absolute atomic E-state index is 0.0880. The molecule has 0 saturated heterocycles. The third kappa shape index (κ3) is 3.40. The predicted octanol–water partition coefficient (Wildman–Crippen LogP) is 3.97. The molecule has 0 spiro atoms. The van der Waals surface area contributed by atoms with Gasteiger partial charge in [0.25, 0.3) is 0 Å². The molecule has 1 heterocycles. The van der Waals surface area contributed by atoms with E-state index >= 15 is 0 Å². The zero-order valence-electron chi connectivity index (χ0n) is 15.0. The fraction of sp³-hybridized carbons (Fsp3) is 0.300. The lowest BCUT2D eigenvalue weighted by Gasteiger charge is -2.28. The Labute approximate surface area is 151 Å². The average molecular weight is 356 g/mol. The molecule has 2 N–H and O–H groups in total. The van der Waals surface area contributed by atoms with Gasteiger partial charge in [-0.25, -0.2) is 4.39 Å². The molecular formula is C20H21FN2O3. The number of rotatable bonds is 4. The van der Waals surface area contributed by atoms with E-state index in [0.717, 1.165) is 16.7 Å². The van der Waals surface area contributed by atoms with Crippen molar-refractivity contribution >= 4 is 23.2 Å². The van der Waals surface area contributed by atoms with Gasteiger partial charge in [-0.1, -0.05) is 19.1 Å². The van der Waals surface area contributed by atoms with Gasteiger partial charge in [-0.2, -0.15) is 0 Å². The second kappa shape index (κ2) is 7.15. The van der Waals surface area contributed by atoms with E-state index in [0.29, 0.717) is 17.8 Å². The first-order valence-electron chi connectivity index (χ1n) is 8.50. The van der Waals surface area contributed by atoms with Gasteiger partial charge < -0.3 is 15.4 Å². The molecule has 0 fully saturated rings. The van der Waals surface area contributed by atoms with E-state index in [1.54, 1.807) is 25.1 Å². The van der Waals surface area contributed by atoms with Crippen LogP contribution in [-0.2, 0) is 9.59 Å². The Kier molecular flexibility index (Phi) is 4.93. The quantitative estimate of drug-likeness (QED) is 0.871. The van der Waals surface area contributed by atoms with Crippen LogP contribution in [0.25, 0.3) is 0 Å². The molecule has 1 aliphatic heterocycles. The van der Waals surface area contributed by atoms with Gasteiger partial charge in [0.1, 0.15) is 0 Å². The molecule has 1 aliphatic rings. The van der Waals surface area contributed by atoms with Gasteiger partial charge in [0.2, 0.25) is 11.8 Å². The summed E-state index contributed by atoms with van der Waals surface area (Å²) in [5.41, 5.74) is 3.98. The maximum absolute atomic E-state index is 13.7. The second-order valence-corrected chi connectivity index (χ2v) is 6.35. The van der Waals surface area contributed by atoms with Crippen LogP contribution in [0.3, 0.4) is 0 Å². The highest BCUT2D eigenvalue weighted by Crippen LogP contribution is 2.40. The molecule has 0 aliphatic carbocycles. The summed E-state index contributed by atoms with van der Waals surface area (Å²) < 4.78 is 18.8. The van der Waals surface area contributed by atoms with Crippen molar-refractivity contribution in [3.05, 3.63) is 52.8 Å². The van der Waals surface area contributed by atoms with Crippen molar-refractivity contribution in [2.24, 2.45) is 0 Å². The number of hydrogen-bond acceptors (Lipinski definition) is 3. The molecule has 1 atom stereocenters. The minimum atomic E-state index is -0.439. The van der Waals surface area contributed by atoms with Gasteiger partial charge in [-0.15, -0.1) is 0 Å². The maximum Gasteiger partial charge on any atom is 0.225 e. The Bertz CT molecular complexity index is 880. The minimum Gasteiger partial charge on any atom is -0.494 e. The Hall–Kier alpha value is -2.89. The summed E-state index contributed by atoms with van der Waals surface area (Å²) in [6.45, 7) is 3.69. The van der Waals surface area contributed by atoms with Gasteiger partial charge in [-0.3, -0.25) is 9.59 Å². The van der Waals surface area contributed by atoms with Gasteiger partial charge in [0.15, 0.2) is 11.6 Å². The number of methoxy groups -OCH3 is 1. The van der Waals surface area contributed by atoms with Crippen molar-refractivity contribution in [1.29, 1.82) is 0 Å². The van der Waals surface area contributed by atoms with Crippen LogP contribution in [0, 0.1) is 12.7 Å². The third-order valence-corrected chi connectivity index (χ3v) is 4.61. The molecule has 0 saturated carbocycles.